The molecule has 1 fully saturated rings. The van der Waals surface area contributed by atoms with Crippen molar-refractivity contribution in [3.8, 4) is 5.75 Å². The third kappa shape index (κ3) is 2.88. The summed E-state index contributed by atoms with van der Waals surface area (Å²) in [4.78, 5) is 11.3. The number of ether oxygens (including phenoxy) is 2. The summed E-state index contributed by atoms with van der Waals surface area (Å²) in [6.07, 6.45) is -0.364. The summed E-state index contributed by atoms with van der Waals surface area (Å²) in [6.45, 7) is 4.55. The van der Waals surface area contributed by atoms with Crippen LogP contribution in [-0.2, 0) is 4.74 Å². The topological polar surface area (TPSA) is 47.6 Å². The Bertz CT molecular complexity index is 434. The number of benzene rings is 1. The molecule has 1 atom stereocenters. The Kier molecular flexibility index (Phi) is 4.46. The number of rotatable bonds is 2. The summed E-state index contributed by atoms with van der Waals surface area (Å²) < 4.78 is 10.2. The van der Waals surface area contributed by atoms with Crippen molar-refractivity contribution in [2.24, 2.45) is 5.41 Å². The second-order valence-electron chi connectivity index (χ2n) is 4.92. The molecule has 1 aromatic rings. The number of halogens is 1. The Morgan fingerprint density at radius 1 is 1.44 bits per heavy atom. The van der Waals surface area contributed by atoms with E-state index in [9.17, 15) is 4.79 Å². The quantitative estimate of drug-likeness (QED) is 0.900. The van der Waals surface area contributed by atoms with Gasteiger partial charge in [0, 0.05) is 5.41 Å². The molecule has 1 saturated heterocycles. The van der Waals surface area contributed by atoms with Crippen LogP contribution in [0.15, 0.2) is 24.3 Å². The average Bonchev–Trinajstić information content (AvgIpc) is 2.32. The lowest BCUT2D eigenvalue weighted by molar-refractivity contribution is 0.0387. The predicted molar refractivity (Wildman–Crippen MR) is 71.2 cm³/mol. The predicted octanol–water partition coefficient (Wildman–Crippen LogP) is 2.92. The Labute approximate surface area is 113 Å². The van der Waals surface area contributed by atoms with Gasteiger partial charge in [-0.3, -0.25) is 0 Å². The maximum atomic E-state index is 11.3. The van der Waals surface area contributed by atoms with Crippen molar-refractivity contribution in [3.63, 3.8) is 0 Å². The molecule has 0 aliphatic carbocycles. The van der Waals surface area contributed by atoms with E-state index >= 15 is 0 Å². The first-order chi connectivity index (χ1) is 8.03. The van der Waals surface area contributed by atoms with E-state index in [4.69, 9.17) is 9.47 Å². The van der Waals surface area contributed by atoms with Crippen LogP contribution >= 0.6 is 12.4 Å². The molecule has 2 rings (SSSR count). The lowest BCUT2D eigenvalue weighted by Gasteiger charge is -2.38. The van der Waals surface area contributed by atoms with Gasteiger partial charge in [-0.2, -0.15) is 0 Å². The van der Waals surface area contributed by atoms with E-state index < -0.39 is 0 Å². The van der Waals surface area contributed by atoms with E-state index in [1.807, 2.05) is 24.3 Å². The minimum Gasteiger partial charge on any atom is -0.497 e. The van der Waals surface area contributed by atoms with Gasteiger partial charge in [-0.25, -0.2) is 4.79 Å². The largest absolute Gasteiger partial charge is 0.497 e. The van der Waals surface area contributed by atoms with Crippen LogP contribution in [0.4, 0.5) is 4.79 Å². The normalized spacial score (nSPS) is 21.3. The highest BCUT2D eigenvalue weighted by Gasteiger charge is 2.37. The molecule has 1 aliphatic rings. The van der Waals surface area contributed by atoms with E-state index in [-0.39, 0.29) is 30.0 Å². The molecule has 1 aromatic carbocycles. The molecule has 100 valence electrons. The van der Waals surface area contributed by atoms with Gasteiger partial charge in [0.15, 0.2) is 0 Å². The Morgan fingerprint density at radius 3 is 2.83 bits per heavy atom. The molecule has 0 saturated carbocycles. The zero-order valence-corrected chi connectivity index (χ0v) is 11.5. The monoisotopic (exact) mass is 271 g/mol. The van der Waals surface area contributed by atoms with Gasteiger partial charge in [0.25, 0.3) is 0 Å². The van der Waals surface area contributed by atoms with Crippen LogP contribution in [-0.4, -0.2) is 19.8 Å². The summed E-state index contributed by atoms with van der Waals surface area (Å²) in [7, 11) is 1.63. The van der Waals surface area contributed by atoms with E-state index in [1.165, 1.54) is 0 Å². The lowest BCUT2D eigenvalue weighted by atomic mass is 9.80. The molecule has 0 bridgehead atoms. The second kappa shape index (κ2) is 5.48. The number of methoxy groups -OCH3 is 1. The molecule has 4 nitrogen and oxygen atoms in total. The summed E-state index contributed by atoms with van der Waals surface area (Å²) in [5, 5.41) is 2.86. The van der Waals surface area contributed by atoms with Crippen molar-refractivity contribution < 1.29 is 14.3 Å². The Hall–Kier alpha value is -1.42. The number of amides is 1. The molecule has 1 N–H and O–H groups in total. The zero-order valence-electron chi connectivity index (χ0n) is 10.7. The van der Waals surface area contributed by atoms with E-state index in [1.54, 1.807) is 7.11 Å². The molecule has 0 spiro atoms. The fourth-order valence-corrected chi connectivity index (χ4v) is 2.05. The smallest absolute Gasteiger partial charge is 0.407 e. The number of carbonyl (C=O) groups excluding carboxylic acids is 1. The standard InChI is InChI=1S/C13H17NO3.ClH/c1-13(2)8-17-12(15)14-11(13)9-5-4-6-10(7-9)16-3;/h4-7,11H,8H2,1-3H3,(H,14,15);1H/t11-;/m1./s1. The first-order valence-electron chi connectivity index (χ1n) is 5.60. The summed E-state index contributed by atoms with van der Waals surface area (Å²) in [5.41, 5.74) is 0.895. The molecule has 1 amide bonds. The number of nitrogens with one attached hydrogen (secondary N) is 1. The Morgan fingerprint density at radius 2 is 2.17 bits per heavy atom. The van der Waals surface area contributed by atoms with Crippen molar-refractivity contribution in [1.82, 2.24) is 5.32 Å². The van der Waals surface area contributed by atoms with Gasteiger partial charge in [0.1, 0.15) is 12.4 Å². The molecule has 0 unspecified atom stereocenters. The molecule has 1 heterocycles. The Balaban J connectivity index is 0.00000162. The average molecular weight is 272 g/mol. The van der Waals surface area contributed by atoms with Crippen LogP contribution in [0.3, 0.4) is 0 Å². The minimum absolute atomic E-state index is 0. The first kappa shape index (κ1) is 14.6. The second-order valence-corrected chi connectivity index (χ2v) is 4.92. The van der Waals surface area contributed by atoms with Gasteiger partial charge in [0.2, 0.25) is 0 Å². The highest BCUT2D eigenvalue weighted by molar-refractivity contribution is 5.85. The van der Waals surface area contributed by atoms with Crippen molar-refractivity contribution in [1.29, 1.82) is 0 Å². The molecule has 18 heavy (non-hydrogen) atoms. The van der Waals surface area contributed by atoms with Gasteiger partial charge in [0.05, 0.1) is 13.2 Å². The van der Waals surface area contributed by atoms with Gasteiger partial charge >= 0.3 is 6.09 Å². The van der Waals surface area contributed by atoms with Crippen molar-refractivity contribution in [2.45, 2.75) is 19.9 Å². The van der Waals surface area contributed by atoms with Crippen LogP contribution in [0, 0.1) is 5.41 Å². The molecule has 0 radical (unpaired) electrons. The van der Waals surface area contributed by atoms with Gasteiger partial charge in [-0.05, 0) is 17.7 Å². The van der Waals surface area contributed by atoms with Crippen molar-refractivity contribution in [3.05, 3.63) is 29.8 Å². The minimum atomic E-state index is -0.364. The number of alkyl carbamates (subject to hydrolysis) is 1. The van der Waals surface area contributed by atoms with Gasteiger partial charge < -0.3 is 14.8 Å². The van der Waals surface area contributed by atoms with Gasteiger partial charge in [-0.1, -0.05) is 26.0 Å². The lowest BCUT2D eigenvalue weighted by Crippen LogP contribution is -2.46. The fourth-order valence-electron chi connectivity index (χ4n) is 2.05. The summed E-state index contributed by atoms with van der Waals surface area (Å²) in [6, 6.07) is 7.68. The highest BCUT2D eigenvalue weighted by Crippen LogP contribution is 2.37. The number of hydrogen-bond donors (Lipinski definition) is 1. The van der Waals surface area contributed by atoms with Crippen LogP contribution in [0.25, 0.3) is 0 Å². The first-order valence-corrected chi connectivity index (χ1v) is 5.60. The van der Waals surface area contributed by atoms with E-state index in [2.05, 4.69) is 19.2 Å². The number of carbonyl (C=O) groups is 1. The van der Waals surface area contributed by atoms with Crippen molar-refractivity contribution in [2.75, 3.05) is 13.7 Å². The van der Waals surface area contributed by atoms with Crippen LogP contribution in [0.2, 0.25) is 0 Å². The molecular formula is C13H18ClNO3. The SMILES string of the molecule is COc1cccc([C@H]2NC(=O)OCC2(C)C)c1.Cl. The van der Waals surface area contributed by atoms with Gasteiger partial charge in [-0.15, -0.1) is 12.4 Å². The van der Waals surface area contributed by atoms with Crippen LogP contribution in [0.1, 0.15) is 25.5 Å². The number of hydrogen-bond acceptors (Lipinski definition) is 3. The third-order valence-electron chi connectivity index (χ3n) is 3.05. The highest BCUT2D eigenvalue weighted by atomic mass is 35.5. The zero-order chi connectivity index (χ0) is 12.5. The maximum Gasteiger partial charge on any atom is 0.407 e. The van der Waals surface area contributed by atoms with E-state index in [0.29, 0.717) is 6.61 Å². The third-order valence-corrected chi connectivity index (χ3v) is 3.05. The fraction of sp³-hybridized carbons (Fsp3) is 0.462. The van der Waals surface area contributed by atoms with Crippen LogP contribution in [0.5, 0.6) is 5.75 Å². The molecular weight excluding hydrogens is 254 g/mol. The molecule has 0 aromatic heterocycles. The maximum absolute atomic E-state index is 11.3. The van der Waals surface area contributed by atoms with E-state index in [0.717, 1.165) is 11.3 Å². The summed E-state index contributed by atoms with van der Waals surface area (Å²) >= 11 is 0. The number of cyclic esters (lactones) is 1. The summed E-state index contributed by atoms with van der Waals surface area (Å²) in [5.74, 6) is 0.791. The molecule has 5 heteroatoms. The van der Waals surface area contributed by atoms with Crippen molar-refractivity contribution >= 4 is 18.5 Å². The molecule has 1 aliphatic heterocycles. The van der Waals surface area contributed by atoms with Crippen LogP contribution < -0.4 is 10.1 Å².